The van der Waals surface area contributed by atoms with Gasteiger partial charge in [-0.2, -0.15) is 0 Å². The highest BCUT2D eigenvalue weighted by Gasteiger charge is 2.28. The summed E-state index contributed by atoms with van der Waals surface area (Å²) in [5.41, 5.74) is 0.943. The van der Waals surface area contributed by atoms with Gasteiger partial charge in [-0.1, -0.05) is 19.1 Å². The van der Waals surface area contributed by atoms with E-state index >= 15 is 0 Å². The fraction of sp³-hybridized carbons (Fsp3) is 0.500. The highest BCUT2D eigenvalue weighted by Crippen LogP contribution is 2.29. The first-order valence-electron chi connectivity index (χ1n) is 5.94. The van der Waals surface area contributed by atoms with E-state index in [0.717, 1.165) is 31.7 Å². The number of nitrogens with zero attached hydrogens (tertiary/aromatic N) is 2. The molecule has 0 amide bonds. The van der Waals surface area contributed by atoms with Crippen molar-refractivity contribution < 1.29 is 4.92 Å². The Bertz CT molecular complexity index is 404. The Kier molecular flexibility index (Phi) is 3.58. The van der Waals surface area contributed by atoms with Crippen LogP contribution < -0.4 is 10.2 Å². The number of benzene rings is 1. The van der Waals surface area contributed by atoms with E-state index in [4.69, 9.17) is 0 Å². The third-order valence-electron chi connectivity index (χ3n) is 3.05. The Morgan fingerprint density at radius 1 is 1.47 bits per heavy atom. The molecule has 1 N–H and O–H groups in total. The van der Waals surface area contributed by atoms with Crippen molar-refractivity contribution >= 4 is 11.4 Å². The SMILES string of the molecule is CCCN(c1ccccc1[N+](=O)[O-])C1CNC1. The minimum Gasteiger partial charge on any atom is -0.360 e. The lowest BCUT2D eigenvalue weighted by atomic mass is 10.1. The fourth-order valence-corrected chi connectivity index (χ4v) is 2.10. The summed E-state index contributed by atoms with van der Waals surface area (Å²) in [6.07, 6.45) is 0.989. The molecule has 17 heavy (non-hydrogen) atoms. The van der Waals surface area contributed by atoms with Gasteiger partial charge in [-0.15, -0.1) is 0 Å². The zero-order valence-electron chi connectivity index (χ0n) is 9.93. The number of nitro groups is 1. The second-order valence-electron chi connectivity index (χ2n) is 4.25. The summed E-state index contributed by atoms with van der Waals surface area (Å²) in [6, 6.07) is 7.37. The smallest absolute Gasteiger partial charge is 0.292 e. The topological polar surface area (TPSA) is 58.4 Å². The molecule has 0 radical (unpaired) electrons. The molecule has 5 heteroatoms. The molecule has 1 aromatic carbocycles. The van der Waals surface area contributed by atoms with E-state index in [1.54, 1.807) is 12.1 Å². The van der Waals surface area contributed by atoms with Gasteiger partial charge < -0.3 is 10.2 Å². The third kappa shape index (κ3) is 2.39. The number of hydrogen-bond donors (Lipinski definition) is 1. The average Bonchev–Trinajstić information content (AvgIpc) is 2.26. The van der Waals surface area contributed by atoms with Crippen LogP contribution in [0.3, 0.4) is 0 Å². The molecule has 1 heterocycles. The number of nitrogens with one attached hydrogen (secondary N) is 1. The molecule has 1 aliphatic rings. The Balaban J connectivity index is 2.30. The zero-order chi connectivity index (χ0) is 12.3. The molecule has 0 saturated carbocycles. The molecule has 2 rings (SSSR count). The normalized spacial score (nSPS) is 15.4. The highest BCUT2D eigenvalue weighted by molar-refractivity contribution is 5.64. The number of hydrogen-bond acceptors (Lipinski definition) is 4. The minimum atomic E-state index is -0.302. The largest absolute Gasteiger partial charge is 0.360 e. The minimum absolute atomic E-state index is 0.202. The van der Waals surface area contributed by atoms with Crippen molar-refractivity contribution in [3.8, 4) is 0 Å². The number of rotatable bonds is 5. The molecule has 0 aromatic heterocycles. The van der Waals surface area contributed by atoms with Crippen molar-refractivity contribution in [3.05, 3.63) is 34.4 Å². The van der Waals surface area contributed by atoms with Crippen LogP contribution in [-0.2, 0) is 0 Å². The quantitative estimate of drug-likeness (QED) is 0.624. The Morgan fingerprint density at radius 3 is 2.71 bits per heavy atom. The maximum absolute atomic E-state index is 11.0. The summed E-state index contributed by atoms with van der Waals surface area (Å²) in [4.78, 5) is 12.9. The predicted octanol–water partition coefficient (Wildman–Crippen LogP) is 1.78. The van der Waals surface area contributed by atoms with E-state index in [9.17, 15) is 10.1 Å². The van der Waals surface area contributed by atoms with Crippen molar-refractivity contribution in [1.29, 1.82) is 0 Å². The van der Waals surface area contributed by atoms with Crippen molar-refractivity contribution in [2.24, 2.45) is 0 Å². The molecule has 0 unspecified atom stereocenters. The lowest BCUT2D eigenvalue weighted by Crippen LogP contribution is -2.57. The van der Waals surface area contributed by atoms with Gasteiger partial charge in [0.05, 0.1) is 11.0 Å². The molecule has 0 spiro atoms. The molecular formula is C12H17N3O2. The van der Waals surface area contributed by atoms with Crippen molar-refractivity contribution in [2.75, 3.05) is 24.5 Å². The van der Waals surface area contributed by atoms with Crippen molar-refractivity contribution in [2.45, 2.75) is 19.4 Å². The van der Waals surface area contributed by atoms with Gasteiger partial charge in [-0.05, 0) is 12.5 Å². The molecule has 92 valence electrons. The molecule has 1 fully saturated rings. The standard InChI is InChI=1S/C12H17N3O2/c1-2-7-14(10-8-13-9-10)11-5-3-4-6-12(11)15(16)17/h3-6,10,13H,2,7-9H2,1H3. The number of anilines is 1. The summed E-state index contributed by atoms with van der Waals surface area (Å²) in [7, 11) is 0. The van der Waals surface area contributed by atoms with Crippen LogP contribution in [0.1, 0.15) is 13.3 Å². The molecule has 1 aromatic rings. The summed E-state index contributed by atoms with van der Waals surface area (Å²) in [5, 5.41) is 14.2. The first-order valence-corrected chi connectivity index (χ1v) is 5.94. The number of nitro benzene ring substituents is 1. The first-order chi connectivity index (χ1) is 8.24. The van der Waals surface area contributed by atoms with E-state index in [2.05, 4.69) is 17.1 Å². The molecule has 1 saturated heterocycles. The Morgan fingerprint density at radius 2 is 2.18 bits per heavy atom. The zero-order valence-corrected chi connectivity index (χ0v) is 9.93. The van der Waals surface area contributed by atoms with E-state index in [-0.39, 0.29) is 10.6 Å². The van der Waals surface area contributed by atoms with Crippen LogP contribution in [0.2, 0.25) is 0 Å². The van der Waals surface area contributed by atoms with Gasteiger partial charge >= 0.3 is 0 Å². The van der Waals surface area contributed by atoms with E-state index < -0.39 is 0 Å². The molecular weight excluding hydrogens is 218 g/mol. The van der Waals surface area contributed by atoms with Crippen LogP contribution in [0, 0.1) is 10.1 Å². The van der Waals surface area contributed by atoms with Crippen LogP contribution in [0.4, 0.5) is 11.4 Å². The van der Waals surface area contributed by atoms with Crippen LogP contribution in [-0.4, -0.2) is 30.6 Å². The van der Waals surface area contributed by atoms with Gasteiger partial charge in [0.1, 0.15) is 5.69 Å². The van der Waals surface area contributed by atoms with Crippen molar-refractivity contribution in [3.63, 3.8) is 0 Å². The third-order valence-corrected chi connectivity index (χ3v) is 3.05. The molecule has 1 aliphatic heterocycles. The van der Waals surface area contributed by atoms with Crippen molar-refractivity contribution in [1.82, 2.24) is 5.32 Å². The van der Waals surface area contributed by atoms with Crippen LogP contribution >= 0.6 is 0 Å². The highest BCUT2D eigenvalue weighted by atomic mass is 16.6. The molecule has 0 bridgehead atoms. The van der Waals surface area contributed by atoms with Gasteiger partial charge in [-0.3, -0.25) is 10.1 Å². The van der Waals surface area contributed by atoms with E-state index in [1.807, 2.05) is 12.1 Å². The summed E-state index contributed by atoms with van der Waals surface area (Å²) in [6.45, 7) is 4.77. The van der Waals surface area contributed by atoms with Crippen LogP contribution in [0.15, 0.2) is 24.3 Å². The summed E-state index contributed by atoms with van der Waals surface area (Å²) >= 11 is 0. The van der Waals surface area contributed by atoms with E-state index in [0.29, 0.717) is 6.04 Å². The molecule has 0 aliphatic carbocycles. The average molecular weight is 235 g/mol. The Hall–Kier alpha value is -1.62. The summed E-state index contributed by atoms with van der Waals surface area (Å²) < 4.78 is 0. The summed E-state index contributed by atoms with van der Waals surface area (Å²) in [5.74, 6) is 0. The van der Waals surface area contributed by atoms with E-state index in [1.165, 1.54) is 0 Å². The van der Waals surface area contributed by atoms with Gasteiger partial charge in [0.2, 0.25) is 0 Å². The van der Waals surface area contributed by atoms with Gasteiger partial charge in [0, 0.05) is 25.7 Å². The molecule has 0 atom stereocenters. The Labute approximate surface area is 101 Å². The maximum atomic E-state index is 11.0. The van der Waals surface area contributed by atoms with Gasteiger partial charge in [0.25, 0.3) is 5.69 Å². The fourth-order valence-electron chi connectivity index (χ4n) is 2.10. The van der Waals surface area contributed by atoms with Gasteiger partial charge in [0.15, 0.2) is 0 Å². The lowest BCUT2D eigenvalue weighted by Gasteiger charge is -2.39. The first kappa shape index (κ1) is 11.9. The van der Waals surface area contributed by atoms with Crippen LogP contribution in [0.5, 0.6) is 0 Å². The predicted molar refractivity (Wildman–Crippen MR) is 67.4 cm³/mol. The monoisotopic (exact) mass is 235 g/mol. The van der Waals surface area contributed by atoms with Crippen LogP contribution in [0.25, 0.3) is 0 Å². The second kappa shape index (κ2) is 5.14. The second-order valence-corrected chi connectivity index (χ2v) is 4.25. The maximum Gasteiger partial charge on any atom is 0.292 e. The lowest BCUT2D eigenvalue weighted by molar-refractivity contribution is -0.384. The van der Waals surface area contributed by atoms with Gasteiger partial charge in [-0.25, -0.2) is 0 Å². The number of para-hydroxylation sites is 2. The molecule has 5 nitrogen and oxygen atoms in total.